The van der Waals surface area contributed by atoms with Gasteiger partial charge in [-0.05, 0) is 67.9 Å². The van der Waals surface area contributed by atoms with E-state index in [0.29, 0.717) is 34.6 Å². The van der Waals surface area contributed by atoms with Gasteiger partial charge in [0.25, 0.3) is 0 Å². The highest BCUT2D eigenvalue weighted by Crippen LogP contribution is 2.29. The van der Waals surface area contributed by atoms with Crippen molar-refractivity contribution in [2.24, 2.45) is 0 Å². The summed E-state index contributed by atoms with van der Waals surface area (Å²) in [5.74, 6) is 1.25. The van der Waals surface area contributed by atoms with Gasteiger partial charge in [0.15, 0.2) is 10.9 Å². The summed E-state index contributed by atoms with van der Waals surface area (Å²) >= 11 is 1.22. The number of benzene rings is 2. The van der Waals surface area contributed by atoms with Gasteiger partial charge in [0.05, 0.1) is 24.3 Å². The number of rotatable bonds is 8. The SMILES string of the molecule is CCOc1ccc(-n2c(SCC(=O)Nc3ccc(C)c(F)c3)nnc2-c2ccco2)cc1. The summed E-state index contributed by atoms with van der Waals surface area (Å²) in [6.07, 6.45) is 1.56. The summed E-state index contributed by atoms with van der Waals surface area (Å²) in [7, 11) is 0. The first kappa shape index (κ1) is 21.6. The van der Waals surface area contributed by atoms with E-state index in [1.165, 1.54) is 17.8 Å². The summed E-state index contributed by atoms with van der Waals surface area (Å²) in [5, 5.41) is 11.7. The molecule has 0 fully saturated rings. The number of ether oxygens (including phenoxy) is 1. The predicted octanol–water partition coefficient (Wildman–Crippen LogP) is 5.10. The van der Waals surface area contributed by atoms with Crippen molar-refractivity contribution >= 4 is 23.4 Å². The second-order valence-corrected chi connectivity index (χ2v) is 7.79. The van der Waals surface area contributed by atoms with Gasteiger partial charge in [-0.25, -0.2) is 4.39 Å². The van der Waals surface area contributed by atoms with Gasteiger partial charge < -0.3 is 14.5 Å². The van der Waals surface area contributed by atoms with E-state index >= 15 is 0 Å². The highest BCUT2D eigenvalue weighted by Gasteiger charge is 2.19. The number of anilines is 1. The molecule has 164 valence electrons. The van der Waals surface area contributed by atoms with E-state index in [1.54, 1.807) is 37.5 Å². The van der Waals surface area contributed by atoms with Crippen molar-refractivity contribution in [2.75, 3.05) is 17.7 Å². The molecule has 0 radical (unpaired) electrons. The number of hydrogen-bond donors (Lipinski definition) is 1. The fraction of sp³-hybridized carbons (Fsp3) is 0.174. The summed E-state index contributed by atoms with van der Waals surface area (Å²) < 4.78 is 26.6. The Kier molecular flexibility index (Phi) is 6.55. The van der Waals surface area contributed by atoms with Gasteiger partial charge in [-0.1, -0.05) is 17.8 Å². The standard InChI is InChI=1S/C23H21FN4O3S/c1-3-30-18-10-8-17(9-11-18)28-22(20-5-4-12-31-20)26-27-23(28)32-14-21(29)25-16-7-6-15(2)19(24)13-16/h4-13H,3,14H2,1-2H3,(H,25,29). The molecular formula is C23H21FN4O3S. The minimum atomic E-state index is -0.367. The Morgan fingerprint density at radius 3 is 2.69 bits per heavy atom. The molecule has 0 unspecified atom stereocenters. The van der Waals surface area contributed by atoms with Crippen molar-refractivity contribution < 1.29 is 18.3 Å². The zero-order chi connectivity index (χ0) is 22.5. The van der Waals surface area contributed by atoms with Crippen molar-refractivity contribution in [2.45, 2.75) is 19.0 Å². The molecular weight excluding hydrogens is 431 g/mol. The van der Waals surface area contributed by atoms with Crippen LogP contribution >= 0.6 is 11.8 Å². The van der Waals surface area contributed by atoms with Crippen molar-refractivity contribution in [3.8, 4) is 23.0 Å². The van der Waals surface area contributed by atoms with Gasteiger partial charge in [0.2, 0.25) is 11.7 Å². The quantitative estimate of drug-likeness (QED) is 0.375. The number of aromatic nitrogens is 3. The van der Waals surface area contributed by atoms with Crippen LogP contribution in [-0.4, -0.2) is 33.0 Å². The van der Waals surface area contributed by atoms with E-state index in [1.807, 2.05) is 35.8 Å². The molecule has 1 amide bonds. The Hall–Kier alpha value is -3.59. The second-order valence-electron chi connectivity index (χ2n) is 6.85. The number of amides is 1. The van der Waals surface area contributed by atoms with E-state index in [-0.39, 0.29) is 17.5 Å². The van der Waals surface area contributed by atoms with Crippen LogP contribution in [0.2, 0.25) is 0 Å². The molecule has 0 aliphatic carbocycles. The number of nitrogens with zero attached hydrogens (tertiary/aromatic N) is 3. The molecule has 0 spiro atoms. The van der Waals surface area contributed by atoms with Crippen LogP contribution in [0.1, 0.15) is 12.5 Å². The summed E-state index contributed by atoms with van der Waals surface area (Å²) in [5.41, 5.74) is 1.72. The summed E-state index contributed by atoms with van der Waals surface area (Å²) in [6.45, 7) is 4.17. The molecule has 0 saturated heterocycles. The number of nitrogens with one attached hydrogen (secondary N) is 1. The second kappa shape index (κ2) is 9.69. The van der Waals surface area contributed by atoms with Crippen LogP contribution in [0.25, 0.3) is 17.3 Å². The van der Waals surface area contributed by atoms with Gasteiger partial charge >= 0.3 is 0 Å². The maximum Gasteiger partial charge on any atom is 0.234 e. The lowest BCUT2D eigenvalue weighted by atomic mass is 10.2. The van der Waals surface area contributed by atoms with Crippen LogP contribution in [0.15, 0.2) is 70.4 Å². The van der Waals surface area contributed by atoms with Crippen LogP contribution in [0.5, 0.6) is 5.75 Å². The molecule has 4 aromatic rings. The highest BCUT2D eigenvalue weighted by molar-refractivity contribution is 7.99. The van der Waals surface area contributed by atoms with Gasteiger partial charge in [0, 0.05) is 5.69 Å². The van der Waals surface area contributed by atoms with Crippen molar-refractivity contribution in [3.05, 3.63) is 72.2 Å². The predicted molar refractivity (Wildman–Crippen MR) is 121 cm³/mol. The minimum absolute atomic E-state index is 0.0722. The Labute approximate surface area is 188 Å². The molecule has 0 aliphatic heterocycles. The van der Waals surface area contributed by atoms with Gasteiger partial charge in [-0.3, -0.25) is 9.36 Å². The maximum atomic E-state index is 13.7. The molecule has 0 aliphatic rings. The largest absolute Gasteiger partial charge is 0.494 e. The fourth-order valence-electron chi connectivity index (χ4n) is 3.02. The number of carbonyl (C=O) groups excluding carboxylic acids is 1. The Morgan fingerprint density at radius 2 is 2.00 bits per heavy atom. The van der Waals surface area contributed by atoms with Crippen LogP contribution < -0.4 is 10.1 Å². The zero-order valence-corrected chi connectivity index (χ0v) is 18.4. The third kappa shape index (κ3) is 4.83. The van der Waals surface area contributed by atoms with E-state index in [9.17, 15) is 9.18 Å². The lowest BCUT2D eigenvalue weighted by molar-refractivity contribution is -0.113. The first-order valence-electron chi connectivity index (χ1n) is 9.96. The number of carbonyl (C=O) groups is 1. The summed E-state index contributed by atoms with van der Waals surface area (Å²) in [4.78, 5) is 12.4. The number of hydrogen-bond acceptors (Lipinski definition) is 6. The van der Waals surface area contributed by atoms with E-state index in [2.05, 4.69) is 15.5 Å². The molecule has 4 rings (SSSR count). The van der Waals surface area contributed by atoms with Crippen molar-refractivity contribution in [3.63, 3.8) is 0 Å². The van der Waals surface area contributed by atoms with Gasteiger partial charge in [-0.15, -0.1) is 10.2 Å². The van der Waals surface area contributed by atoms with Crippen LogP contribution in [0.3, 0.4) is 0 Å². The molecule has 0 bridgehead atoms. The Balaban J connectivity index is 1.55. The third-order valence-electron chi connectivity index (χ3n) is 4.57. The number of halogens is 1. The molecule has 2 heterocycles. The molecule has 9 heteroatoms. The molecule has 32 heavy (non-hydrogen) atoms. The molecule has 0 atom stereocenters. The van der Waals surface area contributed by atoms with E-state index in [0.717, 1.165) is 11.4 Å². The van der Waals surface area contributed by atoms with Crippen LogP contribution in [0.4, 0.5) is 10.1 Å². The van der Waals surface area contributed by atoms with Crippen LogP contribution in [0, 0.1) is 12.7 Å². The maximum absolute atomic E-state index is 13.7. The molecule has 2 aromatic heterocycles. The smallest absolute Gasteiger partial charge is 0.234 e. The third-order valence-corrected chi connectivity index (χ3v) is 5.50. The molecule has 0 saturated carbocycles. The molecule has 7 nitrogen and oxygen atoms in total. The molecule has 2 aromatic carbocycles. The van der Waals surface area contributed by atoms with Gasteiger partial charge in [0.1, 0.15) is 11.6 Å². The number of aryl methyl sites for hydroxylation is 1. The zero-order valence-electron chi connectivity index (χ0n) is 17.5. The Morgan fingerprint density at radius 1 is 1.19 bits per heavy atom. The van der Waals surface area contributed by atoms with Crippen molar-refractivity contribution in [1.29, 1.82) is 0 Å². The Bertz CT molecular complexity index is 1210. The molecule has 1 N–H and O–H groups in total. The van der Waals surface area contributed by atoms with E-state index < -0.39 is 0 Å². The van der Waals surface area contributed by atoms with Crippen LogP contribution in [-0.2, 0) is 4.79 Å². The minimum Gasteiger partial charge on any atom is -0.494 e. The average molecular weight is 453 g/mol. The van der Waals surface area contributed by atoms with Gasteiger partial charge in [-0.2, -0.15) is 0 Å². The van der Waals surface area contributed by atoms with Crippen molar-refractivity contribution in [1.82, 2.24) is 14.8 Å². The summed E-state index contributed by atoms with van der Waals surface area (Å²) in [6, 6.07) is 15.6. The highest BCUT2D eigenvalue weighted by atomic mass is 32.2. The fourth-order valence-corrected chi connectivity index (χ4v) is 3.77. The first-order chi connectivity index (χ1) is 15.5. The van der Waals surface area contributed by atoms with E-state index in [4.69, 9.17) is 9.15 Å². The monoisotopic (exact) mass is 452 g/mol. The topological polar surface area (TPSA) is 82.2 Å². The number of thioether (sulfide) groups is 1. The lowest BCUT2D eigenvalue weighted by Gasteiger charge is -2.11. The average Bonchev–Trinajstić information content (AvgIpc) is 3.45. The lowest BCUT2D eigenvalue weighted by Crippen LogP contribution is -2.14. The first-order valence-corrected chi connectivity index (χ1v) is 10.9. The number of furan rings is 1. The normalized spacial score (nSPS) is 10.8.